The maximum absolute atomic E-state index is 13.0. The summed E-state index contributed by atoms with van der Waals surface area (Å²) >= 11 is 0. The van der Waals surface area contributed by atoms with Gasteiger partial charge >= 0.3 is 0 Å². The number of likely N-dealkylation sites (tertiary alicyclic amines) is 1. The van der Waals surface area contributed by atoms with Crippen LogP contribution in [-0.4, -0.2) is 59.5 Å². The summed E-state index contributed by atoms with van der Waals surface area (Å²) in [5.41, 5.74) is -0.436. The lowest BCUT2D eigenvalue weighted by Crippen LogP contribution is -2.53. The summed E-state index contributed by atoms with van der Waals surface area (Å²) in [4.78, 5) is 39.7. The highest BCUT2D eigenvalue weighted by Crippen LogP contribution is 2.43. The summed E-state index contributed by atoms with van der Waals surface area (Å²) < 4.78 is 0. The molecule has 1 heterocycles. The van der Waals surface area contributed by atoms with Crippen molar-refractivity contribution in [3.63, 3.8) is 0 Å². The summed E-state index contributed by atoms with van der Waals surface area (Å²) in [5, 5.41) is 14.9. The lowest BCUT2D eigenvalue weighted by molar-refractivity contribution is -0.141. The number of aliphatic hydroxyl groups excluding tert-OH is 1. The predicted molar refractivity (Wildman–Crippen MR) is 93.3 cm³/mol. The first-order chi connectivity index (χ1) is 11.6. The molecule has 0 aromatic carbocycles. The Bertz CT molecular complexity index is 581. The van der Waals surface area contributed by atoms with E-state index in [2.05, 4.69) is 10.6 Å². The van der Waals surface area contributed by atoms with E-state index in [1.807, 2.05) is 39.8 Å². The van der Waals surface area contributed by atoms with Crippen molar-refractivity contribution in [3.8, 4) is 0 Å². The van der Waals surface area contributed by atoms with Crippen molar-refractivity contribution in [2.45, 2.75) is 39.3 Å². The molecular weight excluding hydrogens is 322 g/mol. The van der Waals surface area contributed by atoms with Gasteiger partial charge in [0, 0.05) is 25.0 Å². The van der Waals surface area contributed by atoms with E-state index in [0.29, 0.717) is 0 Å². The van der Waals surface area contributed by atoms with Gasteiger partial charge in [0.1, 0.15) is 6.04 Å². The zero-order valence-electron chi connectivity index (χ0n) is 15.6. The maximum Gasteiger partial charge on any atom is 0.243 e. The van der Waals surface area contributed by atoms with E-state index in [9.17, 15) is 19.5 Å². The molecule has 7 heteroatoms. The molecule has 3 N–H and O–H groups in total. The van der Waals surface area contributed by atoms with Gasteiger partial charge in [0.05, 0.1) is 18.4 Å². The molecule has 0 radical (unpaired) electrons. The minimum atomic E-state index is -0.709. The second kappa shape index (κ2) is 7.15. The fourth-order valence-electron chi connectivity index (χ4n) is 3.95. The number of hydrogen-bond donors (Lipinski definition) is 3. The van der Waals surface area contributed by atoms with E-state index in [4.69, 9.17) is 0 Å². The van der Waals surface area contributed by atoms with Gasteiger partial charge < -0.3 is 20.6 Å². The molecule has 2 rings (SSSR count). The fraction of sp³-hybridized carbons (Fsp3) is 0.722. The number of allylic oxidation sites excluding steroid dienone is 1. The molecule has 0 aromatic heterocycles. The Morgan fingerprint density at radius 2 is 1.88 bits per heavy atom. The average molecular weight is 351 g/mol. The zero-order chi connectivity index (χ0) is 18.9. The molecule has 5 atom stereocenters. The van der Waals surface area contributed by atoms with Gasteiger partial charge in [0.15, 0.2) is 0 Å². The van der Waals surface area contributed by atoms with Crippen LogP contribution < -0.4 is 10.6 Å². The molecule has 1 saturated heterocycles. The topological polar surface area (TPSA) is 98.7 Å². The average Bonchev–Trinajstić information content (AvgIpc) is 2.78. The molecule has 1 aliphatic carbocycles. The standard InChI is InChI=1S/C18H29N3O4/c1-10-6-7-11-13(12(10)15(23)19-5)17(25)21(8-9-22)14(11)16(24)20-18(2,3)4/h6-7,10-14,22H,8-9H2,1-5H3,(H,19,23)(H,20,24)/t10-,11+,12-,13-,14+/m1/s1. The number of fused-ring (bicyclic) bond motifs is 1. The van der Waals surface area contributed by atoms with Gasteiger partial charge in [-0.25, -0.2) is 0 Å². The molecule has 140 valence electrons. The molecular formula is C18H29N3O4. The summed E-state index contributed by atoms with van der Waals surface area (Å²) in [6.07, 6.45) is 3.80. The molecule has 7 nitrogen and oxygen atoms in total. The number of hydrogen-bond acceptors (Lipinski definition) is 4. The Balaban J connectivity index is 2.42. The summed E-state index contributed by atoms with van der Waals surface area (Å²) in [6, 6.07) is -0.709. The van der Waals surface area contributed by atoms with Crippen molar-refractivity contribution in [2.75, 3.05) is 20.2 Å². The Morgan fingerprint density at radius 3 is 2.40 bits per heavy atom. The summed E-state index contributed by atoms with van der Waals surface area (Å²) in [6.45, 7) is 7.38. The van der Waals surface area contributed by atoms with Crippen LogP contribution in [0.25, 0.3) is 0 Å². The van der Waals surface area contributed by atoms with Crippen LogP contribution in [0.15, 0.2) is 12.2 Å². The van der Waals surface area contributed by atoms with E-state index in [0.717, 1.165) is 0 Å². The van der Waals surface area contributed by atoms with Gasteiger partial charge in [0.2, 0.25) is 17.7 Å². The van der Waals surface area contributed by atoms with Gasteiger partial charge in [-0.15, -0.1) is 0 Å². The van der Waals surface area contributed by atoms with Gasteiger partial charge in [-0.1, -0.05) is 19.1 Å². The first-order valence-electron chi connectivity index (χ1n) is 8.75. The largest absolute Gasteiger partial charge is 0.395 e. The monoisotopic (exact) mass is 351 g/mol. The van der Waals surface area contributed by atoms with Crippen LogP contribution in [0, 0.1) is 23.7 Å². The number of carbonyl (C=O) groups is 3. The summed E-state index contributed by atoms with van der Waals surface area (Å²) in [7, 11) is 1.55. The smallest absolute Gasteiger partial charge is 0.243 e. The Morgan fingerprint density at radius 1 is 1.24 bits per heavy atom. The number of nitrogens with one attached hydrogen (secondary N) is 2. The Hall–Kier alpha value is -1.89. The Labute approximate surface area is 148 Å². The number of amides is 3. The van der Waals surface area contributed by atoms with Crippen LogP contribution in [0.3, 0.4) is 0 Å². The van der Waals surface area contributed by atoms with Gasteiger partial charge in [-0.2, -0.15) is 0 Å². The van der Waals surface area contributed by atoms with E-state index in [-0.39, 0.29) is 42.7 Å². The third-order valence-electron chi connectivity index (χ3n) is 4.93. The normalized spacial score (nSPS) is 31.7. The second-order valence-electron chi connectivity index (χ2n) is 7.93. The molecule has 0 spiro atoms. The summed E-state index contributed by atoms with van der Waals surface area (Å²) in [5.74, 6) is -2.25. The van der Waals surface area contributed by atoms with Crippen LogP contribution in [0.4, 0.5) is 0 Å². The number of aliphatic hydroxyl groups is 1. The minimum absolute atomic E-state index is 0.0801. The first kappa shape index (κ1) is 19.4. The molecule has 1 fully saturated rings. The lowest BCUT2D eigenvalue weighted by Gasteiger charge is -2.33. The maximum atomic E-state index is 13.0. The van der Waals surface area contributed by atoms with Crippen LogP contribution >= 0.6 is 0 Å². The molecule has 0 unspecified atom stereocenters. The Kier molecular flexibility index (Phi) is 5.56. The van der Waals surface area contributed by atoms with Crippen molar-refractivity contribution in [3.05, 3.63) is 12.2 Å². The highest BCUT2D eigenvalue weighted by molar-refractivity contribution is 5.96. The minimum Gasteiger partial charge on any atom is -0.395 e. The molecule has 2 aliphatic rings. The number of β-amino-alcohol motifs (C(OH)–C–C–N with tert-alkyl or cyclic N) is 1. The fourth-order valence-corrected chi connectivity index (χ4v) is 3.95. The third-order valence-corrected chi connectivity index (χ3v) is 4.93. The first-order valence-corrected chi connectivity index (χ1v) is 8.75. The zero-order valence-corrected chi connectivity index (χ0v) is 15.6. The second-order valence-corrected chi connectivity index (χ2v) is 7.93. The molecule has 3 amide bonds. The predicted octanol–water partition coefficient (Wildman–Crippen LogP) is -0.0953. The van der Waals surface area contributed by atoms with Crippen molar-refractivity contribution in [2.24, 2.45) is 23.7 Å². The van der Waals surface area contributed by atoms with Crippen molar-refractivity contribution >= 4 is 17.7 Å². The molecule has 25 heavy (non-hydrogen) atoms. The van der Waals surface area contributed by atoms with Crippen molar-refractivity contribution in [1.29, 1.82) is 0 Å². The lowest BCUT2D eigenvalue weighted by atomic mass is 9.70. The highest BCUT2D eigenvalue weighted by atomic mass is 16.3. The molecule has 0 bridgehead atoms. The van der Waals surface area contributed by atoms with E-state index in [1.54, 1.807) is 7.05 Å². The van der Waals surface area contributed by atoms with Crippen LogP contribution in [0.1, 0.15) is 27.7 Å². The molecule has 0 aromatic rings. The SMILES string of the molecule is CNC(=O)[C@H]1[C@@H]2C(=O)N(CCO)[C@H](C(=O)NC(C)(C)C)[C@H]2C=C[C@H]1C. The van der Waals surface area contributed by atoms with Crippen molar-refractivity contribution < 1.29 is 19.5 Å². The van der Waals surface area contributed by atoms with Gasteiger partial charge in [-0.3, -0.25) is 14.4 Å². The van der Waals surface area contributed by atoms with E-state index in [1.165, 1.54) is 4.90 Å². The van der Waals surface area contributed by atoms with Gasteiger partial charge in [0.25, 0.3) is 0 Å². The van der Waals surface area contributed by atoms with E-state index < -0.39 is 23.4 Å². The molecule has 1 aliphatic heterocycles. The van der Waals surface area contributed by atoms with Crippen LogP contribution in [0.2, 0.25) is 0 Å². The quantitative estimate of drug-likeness (QED) is 0.616. The number of rotatable bonds is 4. The van der Waals surface area contributed by atoms with E-state index >= 15 is 0 Å². The third kappa shape index (κ3) is 3.71. The van der Waals surface area contributed by atoms with Crippen LogP contribution in [0.5, 0.6) is 0 Å². The highest BCUT2D eigenvalue weighted by Gasteiger charge is 2.56. The number of nitrogens with zero attached hydrogens (tertiary/aromatic N) is 1. The molecule has 0 saturated carbocycles. The number of carbonyl (C=O) groups excluding carboxylic acids is 3. The van der Waals surface area contributed by atoms with Crippen LogP contribution in [-0.2, 0) is 14.4 Å². The van der Waals surface area contributed by atoms with Gasteiger partial charge in [-0.05, 0) is 26.7 Å². The van der Waals surface area contributed by atoms with Crippen molar-refractivity contribution in [1.82, 2.24) is 15.5 Å².